The van der Waals surface area contributed by atoms with Gasteiger partial charge in [-0.3, -0.25) is 14.4 Å². The number of H-pyrrole nitrogens is 1. The zero-order valence-electron chi connectivity index (χ0n) is 14.2. The number of nitrogens with one attached hydrogen (secondary N) is 2. The quantitative estimate of drug-likeness (QED) is 0.690. The number of amides is 2. The molecule has 0 aliphatic carbocycles. The number of nitrogens with zero attached hydrogens (tertiary/aromatic N) is 1. The molecule has 4 N–H and O–H groups in total. The Morgan fingerprint density at radius 2 is 1.88 bits per heavy atom. The van der Waals surface area contributed by atoms with Gasteiger partial charge in [-0.1, -0.05) is 43.1 Å². The van der Waals surface area contributed by atoms with Crippen LogP contribution >= 0.6 is 23.2 Å². The minimum absolute atomic E-state index is 0.200. The van der Waals surface area contributed by atoms with E-state index in [1.165, 1.54) is 0 Å². The Hall–Kier alpha value is -2.38. The number of benzene rings is 1. The molecule has 26 heavy (non-hydrogen) atoms. The molecule has 7 nitrogen and oxygen atoms in total. The molecule has 9 heteroatoms. The largest absolute Gasteiger partial charge is 0.368 e. The average molecular weight is 397 g/mol. The molecule has 2 amide bonds. The molecule has 0 radical (unpaired) electrons. The van der Waals surface area contributed by atoms with Crippen LogP contribution in [-0.4, -0.2) is 27.8 Å². The summed E-state index contributed by atoms with van der Waals surface area (Å²) in [5.41, 5.74) is 5.02. The van der Waals surface area contributed by atoms with Crippen LogP contribution < -0.4 is 16.6 Å². The lowest BCUT2D eigenvalue weighted by molar-refractivity contribution is -0.120. The van der Waals surface area contributed by atoms with Crippen LogP contribution in [0.1, 0.15) is 35.6 Å². The molecule has 0 aliphatic heterocycles. The number of carbonyl (C=O) groups is 2. The summed E-state index contributed by atoms with van der Waals surface area (Å²) in [7, 11) is 0. The summed E-state index contributed by atoms with van der Waals surface area (Å²) < 4.78 is 0. The van der Waals surface area contributed by atoms with Gasteiger partial charge in [-0.05, 0) is 23.6 Å². The zero-order valence-corrected chi connectivity index (χ0v) is 15.7. The summed E-state index contributed by atoms with van der Waals surface area (Å²) in [6.45, 7) is 3.46. The fourth-order valence-electron chi connectivity index (χ4n) is 2.34. The maximum absolute atomic E-state index is 12.2. The summed E-state index contributed by atoms with van der Waals surface area (Å²) in [5.74, 6) is -1.32. The molecular weight excluding hydrogens is 379 g/mol. The molecular formula is C17H18Cl2N4O3. The van der Waals surface area contributed by atoms with Crippen molar-refractivity contribution in [2.45, 2.75) is 26.3 Å². The summed E-state index contributed by atoms with van der Waals surface area (Å²) in [5, 5.41) is 3.34. The molecule has 0 unspecified atom stereocenters. The van der Waals surface area contributed by atoms with E-state index in [4.69, 9.17) is 28.9 Å². The molecule has 0 aliphatic rings. The van der Waals surface area contributed by atoms with Gasteiger partial charge in [0.05, 0.1) is 0 Å². The monoisotopic (exact) mass is 396 g/mol. The predicted molar refractivity (Wildman–Crippen MR) is 99.4 cm³/mol. The van der Waals surface area contributed by atoms with Gasteiger partial charge in [0.15, 0.2) is 0 Å². The highest BCUT2D eigenvalue weighted by Gasteiger charge is 2.23. The first kappa shape index (κ1) is 19.9. The molecule has 1 aromatic heterocycles. The van der Waals surface area contributed by atoms with E-state index in [0.717, 1.165) is 6.20 Å². The third-order valence-electron chi connectivity index (χ3n) is 3.76. The van der Waals surface area contributed by atoms with E-state index >= 15 is 0 Å². The third-order valence-corrected chi connectivity index (χ3v) is 4.47. The van der Waals surface area contributed by atoms with E-state index < -0.39 is 23.4 Å². The zero-order chi connectivity index (χ0) is 19.4. The maximum Gasteiger partial charge on any atom is 0.263 e. The molecule has 2 rings (SSSR count). The van der Waals surface area contributed by atoms with Gasteiger partial charge in [0.2, 0.25) is 5.91 Å². The molecule has 0 bridgehead atoms. The number of primary amides is 1. The lowest BCUT2D eigenvalue weighted by atomic mass is 10.0. The molecule has 2 aromatic rings. The second-order valence-electron chi connectivity index (χ2n) is 6.05. The smallest absolute Gasteiger partial charge is 0.263 e. The summed E-state index contributed by atoms with van der Waals surface area (Å²) in [6.07, 6.45) is 1.35. The predicted octanol–water partition coefficient (Wildman–Crippen LogP) is 1.91. The molecule has 1 atom stereocenters. The van der Waals surface area contributed by atoms with E-state index in [1.54, 1.807) is 32.0 Å². The average Bonchev–Trinajstić information content (AvgIpc) is 2.55. The van der Waals surface area contributed by atoms with E-state index in [9.17, 15) is 14.4 Å². The minimum atomic E-state index is -0.886. The van der Waals surface area contributed by atoms with Crippen LogP contribution in [0.5, 0.6) is 0 Å². The Balaban J connectivity index is 2.23. The first-order valence-corrected chi connectivity index (χ1v) is 8.57. The summed E-state index contributed by atoms with van der Waals surface area (Å²) in [6, 6.07) is 4.18. The van der Waals surface area contributed by atoms with Crippen LogP contribution in [0.25, 0.3) is 0 Å². The fourth-order valence-corrected chi connectivity index (χ4v) is 2.87. The Kier molecular flexibility index (Phi) is 6.39. The molecule has 1 heterocycles. The number of hydrogen-bond acceptors (Lipinski definition) is 4. The number of rotatable bonds is 6. The van der Waals surface area contributed by atoms with Crippen molar-refractivity contribution in [1.29, 1.82) is 0 Å². The van der Waals surface area contributed by atoms with Gasteiger partial charge in [-0.15, -0.1) is 0 Å². The van der Waals surface area contributed by atoms with Crippen molar-refractivity contribution in [3.63, 3.8) is 0 Å². The highest BCUT2D eigenvalue weighted by molar-refractivity contribution is 6.36. The second-order valence-corrected chi connectivity index (χ2v) is 6.86. The molecule has 1 aromatic carbocycles. The fraction of sp³-hybridized carbons (Fsp3) is 0.294. The van der Waals surface area contributed by atoms with Gasteiger partial charge in [-0.2, -0.15) is 0 Å². The SMILES string of the molecule is CC(C)[C@H](NC(=O)c1cnc(Cc2c(Cl)cccc2Cl)[nH]c1=O)C(N)=O. The van der Waals surface area contributed by atoms with Crippen LogP contribution in [0.15, 0.2) is 29.2 Å². The Morgan fingerprint density at radius 1 is 1.27 bits per heavy atom. The van der Waals surface area contributed by atoms with E-state index in [1.807, 2.05) is 0 Å². The first-order valence-electron chi connectivity index (χ1n) is 7.82. The molecule has 138 valence electrons. The number of nitrogens with two attached hydrogens (primary N) is 1. The van der Waals surface area contributed by atoms with Crippen molar-refractivity contribution < 1.29 is 9.59 Å². The van der Waals surface area contributed by atoms with Gasteiger partial charge < -0.3 is 16.0 Å². The Bertz CT molecular complexity index is 876. The second kappa shape index (κ2) is 8.33. The van der Waals surface area contributed by atoms with E-state index in [2.05, 4.69) is 15.3 Å². The van der Waals surface area contributed by atoms with Gasteiger partial charge >= 0.3 is 0 Å². The van der Waals surface area contributed by atoms with Gasteiger partial charge in [-0.25, -0.2) is 4.98 Å². The first-order chi connectivity index (χ1) is 12.2. The van der Waals surface area contributed by atoms with Crippen LogP contribution in [0.4, 0.5) is 0 Å². The number of halogens is 2. The Labute approximate surface area is 159 Å². The topological polar surface area (TPSA) is 118 Å². The highest BCUT2D eigenvalue weighted by atomic mass is 35.5. The summed E-state index contributed by atoms with van der Waals surface area (Å²) in [4.78, 5) is 42.5. The number of aromatic amines is 1. The van der Waals surface area contributed by atoms with Crippen LogP contribution in [0.2, 0.25) is 10.0 Å². The summed E-state index contributed by atoms with van der Waals surface area (Å²) >= 11 is 12.2. The molecule has 0 saturated carbocycles. The van der Waals surface area contributed by atoms with Crippen molar-refractivity contribution in [3.05, 3.63) is 61.7 Å². The molecule has 0 saturated heterocycles. The van der Waals surface area contributed by atoms with E-state index in [-0.39, 0.29) is 17.9 Å². The van der Waals surface area contributed by atoms with Crippen LogP contribution in [0, 0.1) is 5.92 Å². The molecule has 0 spiro atoms. The normalized spacial score (nSPS) is 12.0. The number of hydrogen-bond donors (Lipinski definition) is 3. The van der Waals surface area contributed by atoms with Crippen molar-refractivity contribution in [3.8, 4) is 0 Å². The lowest BCUT2D eigenvalue weighted by Gasteiger charge is -2.18. The standard InChI is InChI=1S/C17H18Cl2N4O3/c1-8(2)14(15(20)24)23-17(26)10-7-21-13(22-16(10)25)6-9-11(18)4-3-5-12(9)19/h3-5,7-8,14H,6H2,1-2H3,(H2,20,24)(H,23,26)(H,21,22,25)/t14-/m0/s1. The van der Waals surface area contributed by atoms with Crippen molar-refractivity contribution in [1.82, 2.24) is 15.3 Å². The van der Waals surface area contributed by atoms with Crippen LogP contribution in [-0.2, 0) is 11.2 Å². The van der Waals surface area contributed by atoms with Crippen LogP contribution in [0.3, 0.4) is 0 Å². The van der Waals surface area contributed by atoms with E-state index in [0.29, 0.717) is 21.4 Å². The van der Waals surface area contributed by atoms with Gasteiger partial charge in [0, 0.05) is 22.7 Å². The van der Waals surface area contributed by atoms with Gasteiger partial charge in [0.1, 0.15) is 17.4 Å². The Morgan fingerprint density at radius 3 is 2.38 bits per heavy atom. The van der Waals surface area contributed by atoms with Crippen molar-refractivity contribution in [2.24, 2.45) is 11.7 Å². The number of aromatic nitrogens is 2. The van der Waals surface area contributed by atoms with Gasteiger partial charge in [0.25, 0.3) is 11.5 Å². The molecule has 0 fully saturated rings. The third kappa shape index (κ3) is 4.62. The number of carbonyl (C=O) groups excluding carboxylic acids is 2. The highest BCUT2D eigenvalue weighted by Crippen LogP contribution is 2.25. The van der Waals surface area contributed by atoms with Crippen molar-refractivity contribution >= 4 is 35.0 Å². The maximum atomic E-state index is 12.2. The minimum Gasteiger partial charge on any atom is -0.368 e. The van der Waals surface area contributed by atoms with Crippen molar-refractivity contribution in [2.75, 3.05) is 0 Å². The lowest BCUT2D eigenvalue weighted by Crippen LogP contribution is -2.48.